The molecule has 1 aliphatic carbocycles. The maximum Gasteiger partial charge on any atom is 0.356 e. The Bertz CT molecular complexity index is 812. The number of hydrogen-bond donors (Lipinski definition) is 0. The molecule has 9 nitrogen and oxygen atoms in total. The molecule has 2 aromatic heterocycles. The number of hydrogen-bond acceptors (Lipinski definition) is 8. The Kier molecular flexibility index (Phi) is 4.49. The fraction of sp³-hybridized carbons (Fsp3) is 0.667. The molecule has 0 aromatic carbocycles. The molecule has 1 aliphatic heterocycles. The lowest BCUT2D eigenvalue weighted by Gasteiger charge is -2.31. The highest BCUT2D eigenvalue weighted by Gasteiger charge is 2.46. The van der Waals surface area contributed by atoms with Crippen molar-refractivity contribution in [2.24, 2.45) is 0 Å². The van der Waals surface area contributed by atoms with Crippen LogP contribution >= 0.6 is 7.60 Å². The Morgan fingerprint density at radius 2 is 2.08 bits per heavy atom. The van der Waals surface area contributed by atoms with Gasteiger partial charge in [-0.2, -0.15) is 4.98 Å². The molecule has 0 radical (unpaired) electrons. The molecule has 0 bridgehead atoms. The average Bonchev–Trinajstić information content (AvgIpc) is 3.18. The van der Waals surface area contributed by atoms with Gasteiger partial charge in [-0.15, -0.1) is 0 Å². The van der Waals surface area contributed by atoms with Crippen molar-refractivity contribution >= 4 is 18.8 Å². The van der Waals surface area contributed by atoms with Crippen LogP contribution in [0.3, 0.4) is 0 Å². The molecule has 2 aliphatic rings. The van der Waals surface area contributed by atoms with Crippen LogP contribution in [0.15, 0.2) is 12.7 Å². The number of fused-ring (bicyclic) bond motifs is 2. The van der Waals surface area contributed by atoms with Crippen LogP contribution in [0.25, 0.3) is 11.2 Å². The number of nitrogens with zero attached hydrogens (tertiary/aromatic N) is 4. The first-order valence-corrected chi connectivity index (χ1v) is 10.2. The molecule has 1 saturated carbocycles. The first-order chi connectivity index (χ1) is 12.1. The zero-order valence-corrected chi connectivity index (χ0v) is 15.1. The predicted molar refractivity (Wildman–Crippen MR) is 88.6 cm³/mol. The van der Waals surface area contributed by atoms with Gasteiger partial charge < -0.3 is 23.1 Å². The zero-order chi connectivity index (χ0) is 17.4. The summed E-state index contributed by atoms with van der Waals surface area (Å²) in [5.74, 6) is 0.481. The molecule has 1 saturated heterocycles. The van der Waals surface area contributed by atoms with Gasteiger partial charge in [0.1, 0.15) is 12.7 Å². The van der Waals surface area contributed by atoms with Gasteiger partial charge in [-0.3, -0.25) is 4.57 Å². The largest absolute Gasteiger partial charge is 0.476 e. The van der Waals surface area contributed by atoms with Gasteiger partial charge in [0.25, 0.3) is 0 Å². The van der Waals surface area contributed by atoms with E-state index in [2.05, 4.69) is 15.0 Å². The molecule has 0 spiro atoms. The van der Waals surface area contributed by atoms with Crippen molar-refractivity contribution in [3.8, 4) is 5.88 Å². The lowest BCUT2D eigenvalue weighted by molar-refractivity contribution is -0.0371. The fourth-order valence-electron chi connectivity index (χ4n) is 3.48. The van der Waals surface area contributed by atoms with E-state index in [1.165, 1.54) is 6.33 Å². The van der Waals surface area contributed by atoms with E-state index in [1.807, 2.05) is 11.5 Å². The molecule has 25 heavy (non-hydrogen) atoms. The molecular weight excluding hydrogens is 347 g/mol. The molecule has 4 rings (SSSR count). The van der Waals surface area contributed by atoms with Gasteiger partial charge in [0.15, 0.2) is 11.2 Å². The zero-order valence-electron chi connectivity index (χ0n) is 14.2. The average molecular weight is 368 g/mol. The van der Waals surface area contributed by atoms with Gasteiger partial charge in [-0.25, -0.2) is 9.97 Å². The van der Waals surface area contributed by atoms with Crippen LogP contribution in [0.2, 0.25) is 0 Å². The Balaban J connectivity index is 1.57. The first-order valence-electron chi connectivity index (χ1n) is 8.47. The van der Waals surface area contributed by atoms with E-state index < -0.39 is 7.60 Å². The van der Waals surface area contributed by atoms with E-state index in [-0.39, 0.29) is 24.6 Å². The topological polar surface area (TPSA) is 97.6 Å². The van der Waals surface area contributed by atoms with Crippen molar-refractivity contribution in [2.45, 2.75) is 44.9 Å². The third-order valence-electron chi connectivity index (χ3n) is 4.49. The number of imidazole rings is 1. The van der Waals surface area contributed by atoms with Gasteiger partial charge >= 0.3 is 7.60 Å². The molecule has 2 fully saturated rings. The van der Waals surface area contributed by atoms with Gasteiger partial charge in [-0.1, -0.05) is 0 Å². The summed E-state index contributed by atoms with van der Waals surface area (Å²) >= 11 is 0. The van der Waals surface area contributed by atoms with Crippen LogP contribution in [-0.4, -0.2) is 51.3 Å². The quantitative estimate of drug-likeness (QED) is 0.743. The van der Waals surface area contributed by atoms with Crippen LogP contribution < -0.4 is 4.74 Å². The summed E-state index contributed by atoms with van der Waals surface area (Å²) in [4.78, 5) is 12.9. The highest BCUT2D eigenvalue weighted by Crippen LogP contribution is 2.56. The van der Waals surface area contributed by atoms with Gasteiger partial charge in [-0.05, 0) is 26.7 Å². The summed E-state index contributed by atoms with van der Waals surface area (Å²) in [5, 5.41) is 0. The smallest absolute Gasteiger partial charge is 0.356 e. The normalized spacial score (nSPS) is 32.0. The van der Waals surface area contributed by atoms with Crippen molar-refractivity contribution in [1.82, 2.24) is 19.5 Å². The second-order valence-electron chi connectivity index (χ2n) is 6.07. The lowest BCUT2D eigenvalue weighted by Crippen LogP contribution is -2.31. The number of rotatable bonds is 5. The summed E-state index contributed by atoms with van der Waals surface area (Å²) in [6, 6.07) is 0.0950. The predicted octanol–water partition coefficient (Wildman–Crippen LogP) is 2.53. The second-order valence-corrected chi connectivity index (χ2v) is 8.02. The third kappa shape index (κ3) is 3.06. The summed E-state index contributed by atoms with van der Waals surface area (Å²) in [6.07, 6.45) is 4.29. The minimum Gasteiger partial charge on any atom is -0.476 e. The summed E-state index contributed by atoms with van der Waals surface area (Å²) < 4.78 is 36.8. The number of aromatic nitrogens is 4. The third-order valence-corrected chi connectivity index (χ3v) is 6.20. The van der Waals surface area contributed by atoms with Crippen molar-refractivity contribution in [1.29, 1.82) is 0 Å². The first kappa shape index (κ1) is 16.9. The highest BCUT2D eigenvalue weighted by atomic mass is 31.2. The standard InChI is InChI=1S/C15H21N4O5P/c1-3-21-15-13-14(16-7-17-15)19(8-18-13)10-5-11-12(6-10)24-25(20,9-22-11)23-4-2/h7-8,10-12H,3-6,9H2,1-2H3/t10-,11+,12+,25-/m1/s1. The molecule has 10 heteroatoms. The van der Waals surface area contributed by atoms with Crippen LogP contribution in [0.1, 0.15) is 32.7 Å². The second kappa shape index (κ2) is 6.64. The van der Waals surface area contributed by atoms with E-state index in [0.29, 0.717) is 31.0 Å². The molecule has 0 amide bonds. The number of ether oxygens (including phenoxy) is 2. The van der Waals surface area contributed by atoms with Gasteiger partial charge in [0.2, 0.25) is 5.88 Å². The van der Waals surface area contributed by atoms with Crippen molar-refractivity contribution in [3.05, 3.63) is 12.7 Å². The monoisotopic (exact) mass is 368 g/mol. The van der Waals surface area contributed by atoms with Crippen LogP contribution in [0.5, 0.6) is 5.88 Å². The molecular formula is C15H21N4O5P. The molecule has 0 unspecified atom stereocenters. The minimum atomic E-state index is -3.14. The molecule has 2 aromatic rings. The molecule has 3 heterocycles. The van der Waals surface area contributed by atoms with E-state index in [0.717, 1.165) is 12.1 Å². The summed E-state index contributed by atoms with van der Waals surface area (Å²) in [6.45, 7) is 4.55. The summed E-state index contributed by atoms with van der Waals surface area (Å²) in [7, 11) is -3.14. The fourth-order valence-corrected chi connectivity index (χ4v) is 5.08. The molecule has 136 valence electrons. The Hall–Kier alpha value is -1.54. The molecule has 4 atom stereocenters. The van der Waals surface area contributed by atoms with Crippen molar-refractivity contribution < 1.29 is 23.1 Å². The van der Waals surface area contributed by atoms with E-state index in [4.69, 9.17) is 18.5 Å². The van der Waals surface area contributed by atoms with Gasteiger partial charge in [0, 0.05) is 6.04 Å². The Morgan fingerprint density at radius 3 is 2.88 bits per heavy atom. The van der Waals surface area contributed by atoms with E-state index in [1.54, 1.807) is 13.3 Å². The lowest BCUT2D eigenvalue weighted by atomic mass is 10.2. The highest BCUT2D eigenvalue weighted by molar-refractivity contribution is 7.53. The Labute approximate surface area is 145 Å². The maximum atomic E-state index is 12.5. The van der Waals surface area contributed by atoms with Gasteiger partial charge in [0.05, 0.1) is 31.7 Å². The van der Waals surface area contributed by atoms with Crippen LogP contribution in [0.4, 0.5) is 0 Å². The van der Waals surface area contributed by atoms with Crippen molar-refractivity contribution in [2.75, 3.05) is 19.6 Å². The minimum absolute atomic E-state index is 0.00998. The van der Waals surface area contributed by atoms with Crippen LogP contribution in [-0.2, 0) is 18.3 Å². The maximum absolute atomic E-state index is 12.5. The van der Waals surface area contributed by atoms with Crippen LogP contribution in [0, 0.1) is 0 Å². The molecule has 0 N–H and O–H groups in total. The van der Waals surface area contributed by atoms with Crippen molar-refractivity contribution in [3.63, 3.8) is 0 Å². The summed E-state index contributed by atoms with van der Waals surface area (Å²) in [5.41, 5.74) is 1.36. The van der Waals surface area contributed by atoms with E-state index in [9.17, 15) is 4.57 Å². The van der Waals surface area contributed by atoms with E-state index >= 15 is 0 Å². The SMILES string of the molecule is CCOc1ncnc2c1ncn2[C@@H]1C[C@@H]2OC[P@@](=O)(OCC)O[C@H]2C1. The Morgan fingerprint density at radius 1 is 1.24 bits per heavy atom.